The van der Waals surface area contributed by atoms with Crippen LogP contribution in [-0.2, 0) is 0 Å². The van der Waals surface area contributed by atoms with E-state index in [9.17, 15) is 4.79 Å². The van der Waals surface area contributed by atoms with Crippen molar-refractivity contribution in [3.63, 3.8) is 0 Å². The third kappa shape index (κ3) is 4.04. The number of anilines is 2. The lowest BCUT2D eigenvalue weighted by Crippen LogP contribution is -2.22. The molecule has 0 fully saturated rings. The Morgan fingerprint density at radius 2 is 1.79 bits per heavy atom. The first-order chi connectivity index (χ1) is 13.6. The van der Waals surface area contributed by atoms with E-state index >= 15 is 0 Å². The van der Waals surface area contributed by atoms with Gasteiger partial charge in [0.2, 0.25) is 0 Å². The second kappa shape index (κ2) is 8.07. The molecule has 0 aliphatic carbocycles. The number of hydrogen-bond donors (Lipinski definition) is 2. The highest BCUT2D eigenvalue weighted by Crippen LogP contribution is 2.44. The highest BCUT2D eigenvalue weighted by molar-refractivity contribution is 9.10. The summed E-state index contributed by atoms with van der Waals surface area (Å²) in [5, 5.41) is 5.81. The number of aryl methyl sites for hydroxylation is 1. The van der Waals surface area contributed by atoms with Gasteiger partial charge in [0.25, 0.3) is 0 Å². The topological polar surface area (TPSA) is 50.4 Å². The molecule has 1 heterocycles. The monoisotopic (exact) mass is 436 g/mol. The van der Waals surface area contributed by atoms with Crippen LogP contribution in [0.25, 0.3) is 0 Å². The van der Waals surface area contributed by atoms with Gasteiger partial charge in [-0.15, -0.1) is 0 Å². The number of benzene rings is 3. The fourth-order valence-electron chi connectivity index (χ4n) is 3.51. The SMILES string of the molecule is Cc1ccc(NC(=O)Nc2cc(Br)cc3c2OCC[C@@H]3c2ccccc2)cc1. The Kier molecular flexibility index (Phi) is 5.35. The molecular weight excluding hydrogens is 416 g/mol. The van der Waals surface area contributed by atoms with Crippen molar-refractivity contribution in [2.45, 2.75) is 19.3 Å². The summed E-state index contributed by atoms with van der Waals surface area (Å²) in [5.74, 6) is 0.977. The summed E-state index contributed by atoms with van der Waals surface area (Å²) < 4.78 is 6.87. The van der Waals surface area contributed by atoms with Gasteiger partial charge in [0.15, 0.2) is 0 Å². The van der Waals surface area contributed by atoms with Crippen molar-refractivity contribution >= 4 is 33.3 Å². The van der Waals surface area contributed by atoms with Crippen LogP contribution in [0.1, 0.15) is 29.0 Å². The summed E-state index contributed by atoms with van der Waals surface area (Å²) in [6.07, 6.45) is 0.905. The molecule has 142 valence electrons. The molecule has 0 radical (unpaired) electrons. The van der Waals surface area contributed by atoms with E-state index in [4.69, 9.17) is 4.74 Å². The average molecular weight is 437 g/mol. The molecule has 2 amide bonds. The van der Waals surface area contributed by atoms with E-state index in [1.807, 2.05) is 43.3 Å². The summed E-state index contributed by atoms with van der Waals surface area (Å²) in [6, 6.07) is 21.7. The number of ether oxygens (including phenoxy) is 1. The van der Waals surface area contributed by atoms with Gasteiger partial charge in [-0.25, -0.2) is 4.79 Å². The van der Waals surface area contributed by atoms with Gasteiger partial charge in [0, 0.05) is 21.6 Å². The first-order valence-electron chi connectivity index (χ1n) is 9.26. The number of carbonyl (C=O) groups is 1. The van der Waals surface area contributed by atoms with Crippen LogP contribution in [-0.4, -0.2) is 12.6 Å². The minimum absolute atomic E-state index is 0.239. The minimum atomic E-state index is -0.297. The van der Waals surface area contributed by atoms with Crippen LogP contribution >= 0.6 is 15.9 Å². The van der Waals surface area contributed by atoms with E-state index in [0.29, 0.717) is 12.3 Å². The quantitative estimate of drug-likeness (QED) is 0.504. The van der Waals surface area contributed by atoms with Crippen molar-refractivity contribution in [1.29, 1.82) is 0 Å². The van der Waals surface area contributed by atoms with Crippen LogP contribution in [0.15, 0.2) is 71.2 Å². The van der Waals surface area contributed by atoms with E-state index in [2.05, 4.69) is 56.9 Å². The Balaban J connectivity index is 1.61. The second-order valence-electron chi connectivity index (χ2n) is 6.92. The maximum Gasteiger partial charge on any atom is 0.323 e. The van der Waals surface area contributed by atoms with Gasteiger partial charge in [0.1, 0.15) is 5.75 Å². The van der Waals surface area contributed by atoms with Gasteiger partial charge in [-0.3, -0.25) is 0 Å². The lowest BCUT2D eigenvalue weighted by Gasteiger charge is -2.28. The first-order valence-corrected chi connectivity index (χ1v) is 10.1. The number of nitrogens with one attached hydrogen (secondary N) is 2. The molecule has 0 saturated carbocycles. The Hall–Kier alpha value is -2.79. The molecule has 4 nitrogen and oxygen atoms in total. The Labute approximate surface area is 173 Å². The molecule has 0 bridgehead atoms. The van der Waals surface area contributed by atoms with Crippen LogP contribution in [0.5, 0.6) is 5.75 Å². The molecule has 5 heteroatoms. The number of rotatable bonds is 3. The lowest BCUT2D eigenvalue weighted by molar-refractivity contribution is 0.261. The summed E-state index contributed by atoms with van der Waals surface area (Å²) in [7, 11) is 0. The predicted octanol–water partition coefficient (Wildman–Crippen LogP) is 6.32. The number of amides is 2. The number of halogens is 1. The summed E-state index contributed by atoms with van der Waals surface area (Å²) >= 11 is 3.58. The van der Waals surface area contributed by atoms with Crippen molar-refractivity contribution < 1.29 is 9.53 Å². The van der Waals surface area contributed by atoms with Crippen molar-refractivity contribution in [2.75, 3.05) is 17.2 Å². The highest BCUT2D eigenvalue weighted by atomic mass is 79.9. The molecular formula is C23H21BrN2O2. The van der Waals surface area contributed by atoms with E-state index in [-0.39, 0.29) is 11.9 Å². The Morgan fingerprint density at radius 3 is 2.54 bits per heavy atom. The fraction of sp³-hybridized carbons (Fsp3) is 0.174. The largest absolute Gasteiger partial charge is 0.491 e. The van der Waals surface area contributed by atoms with Crippen molar-refractivity contribution in [1.82, 2.24) is 0 Å². The minimum Gasteiger partial charge on any atom is -0.491 e. The number of carbonyl (C=O) groups excluding carboxylic acids is 1. The lowest BCUT2D eigenvalue weighted by atomic mass is 9.86. The molecule has 1 aliphatic rings. The van der Waals surface area contributed by atoms with Gasteiger partial charge >= 0.3 is 6.03 Å². The van der Waals surface area contributed by atoms with Crippen LogP contribution in [0.2, 0.25) is 0 Å². The van der Waals surface area contributed by atoms with Crippen molar-refractivity contribution in [3.05, 3.63) is 87.9 Å². The third-order valence-corrected chi connectivity index (χ3v) is 5.33. The molecule has 0 unspecified atom stereocenters. The normalized spacial score (nSPS) is 15.3. The Bertz CT molecular complexity index is 987. The van der Waals surface area contributed by atoms with Crippen molar-refractivity contribution in [2.24, 2.45) is 0 Å². The van der Waals surface area contributed by atoms with Crippen LogP contribution in [0, 0.1) is 6.92 Å². The molecule has 0 aromatic heterocycles. The van der Waals surface area contributed by atoms with Gasteiger partial charge in [-0.2, -0.15) is 0 Å². The van der Waals surface area contributed by atoms with Gasteiger partial charge in [0.05, 0.1) is 12.3 Å². The summed E-state index contributed by atoms with van der Waals surface area (Å²) in [6.45, 7) is 2.63. The molecule has 3 aromatic rings. The fourth-order valence-corrected chi connectivity index (χ4v) is 3.99. The molecule has 1 aliphatic heterocycles. The second-order valence-corrected chi connectivity index (χ2v) is 7.83. The predicted molar refractivity (Wildman–Crippen MR) is 116 cm³/mol. The van der Waals surface area contributed by atoms with Gasteiger partial charge in [-0.05, 0) is 43.2 Å². The summed E-state index contributed by atoms with van der Waals surface area (Å²) in [4.78, 5) is 12.5. The molecule has 3 aromatic carbocycles. The smallest absolute Gasteiger partial charge is 0.323 e. The van der Waals surface area contributed by atoms with Crippen molar-refractivity contribution in [3.8, 4) is 5.75 Å². The average Bonchev–Trinajstić information content (AvgIpc) is 2.70. The zero-order chi connectivity index (χ0) is 19.5. The van der Waals surface area contributed by atoms with E-state index in [0.717, 1.165) is 33.5 Å². The number of fused-ring (bicyclic) bond motifs is 1. The maximum absolute atomic E-state index is 12.5. The molecule has 28 heavy (non-hydrogen) atoms. The van der Waals surface area contributed by atoms with Gasteiger partial charge < -0.3 is 15.4 Å². The number of urea groups is 1. The molecule has 0 spiro atoms. The highest BCUT2D eigenvalue weighted by Gasteiger charge is 2.26. The van der Waals surface area contributed by atoms with E-state index < -0.39 is 0 Å². The van der Waals surface area contributed by atoms with Gasteiger partial charge in [-0.1, -0.05) is 64.0 Å². The van der Waals surface area contributed by atoms with Crippen LogP contribution in [0.3, 0.4) is 0 Å². The Morgan fingerprint density at radius 1 is 1.04 bits per heavy atom. The van der Waals surface area contributed by atoms with Crippen LogP contribution in [0.4, 0.5) is 16.2 Å². The van der Waals surface area contributed by atoms with E-state index in [1.165, 1.54) is 5.56 Å². The molecule has 4 rings (SSSR count). The maximum atomic E-state index is 12.5. The zero-order valence-electron chi connectivity index (χ0n) is 15.5. The standard InChI is InChI=1S/C23H21BrN2O2/c1-15-7-9-18(10-8-15)25-23(27)26-21-14-17(24)13-20-19(11-12-28-22(20)21)16-5-3-2-4-6-16/h2-10,13-14,19H,11-12H2,1H3,(H2,25,26,27)/t19-/m1/s1. The van der Waals surface area contributed by atoms with Crippen LogP contribution < -0.4 is 15.4 Å². The zero-order valence-corrected chi connectivity index (χ0v) is 17.1. The molecule has 1 atom stereocenters. The third-order valence-electron chi connectivity index (χ3n) is 4.87. The number of hydrogen-bond acceptors (Lipinski definition) is 2. The first kappa shape index (κ1) is 18.6. The molecule has 2 N–H and O–H groups in total. The van der Waals surface area contributed by atoms with E-state index in [1.54, 1.807) is 0 Å². The molecule has 0 saturated heterocycles. The summed E-state index contributed by atoms with van der Waals surface area (Å²) in [5.41, 5.74) is 4.88.